The fourth-order valence-corrected chi connectivity index (χ4v) is 2.47. The molecule has 1 saturated heterocycles. The highest BCUT2D eigenvalue weighted by Crippen LogP contribution is 2.30. The van der Waals surface area contributed by atoms with Crippen molar-refractivity contribution in [2.24, 2.45) is 5.92 Å². The quantitative estimate of drug-likeness (QED) is 0.924. The number of carbonyl (C=O) groups excluding carboxylic acids is 2. The Labute approximate surface area is 124 Å². The molecule has 1 aliphatic heterocycles. The zero-order valence-corrected chi connectivity index (χ0v) is 12.2. The molecule has 1 aliphatic carbocycles. The van der Waals surface area contributed by atoms with Crippen LogP contribution in [0.25, 0.3) is 0 Å². The molecule has 1 saturated carbocycles. The first-order chi connectivity index (χ1) is 10.1. The van der Waals surface area contributed by atoms with Crippen LogP contribution in [0.3, 0.4) is 0 Å². The van der Waals surface area contributed by atoms with Crippen molar-refractivity contribution in [2.45, 2.75) is 25.9 Å². The number of anilines is 1. The molecule has 0 radical (unpaired) electrons. The van der Waals surface area contributed by atoms with Gasteiger partial charge in [0.15, 0.2) is 0 Å². The van der Waals surface area contributed by atoms with Crippen LogP contribution < -0.4 is 5.32 Å². The summed E-state index contributed by atoms with van der Waals surface area (Å²) in [6, 6.07) is 7.12. The summed E-state index contributed by atoms with van der Waals surface area (Å²) in [5.74, 6) is 0.280. The molecule has 0 bridgehead atoms. The van der Waals surface area contributed by atoms with E-state index in [1.165, 1.54) is 0 Å². The van der Waals surface area contributed by atoms with E-state index in [-0.39, 0.29) is 23.8 Å². The Bertz CT molecular complexity index is 537. The molecule has 1 atom stereocenters. The molecule has 1 unspecified atom stereocenters. The van der Waals surface area contributed by atoms with Gasteiger partial charge in [0.25, 0.3) is 5.91 Å². The van der Waals surface area contributed by atoms with Crippen molar-refractivity contribution in [1.82, 2.24) is 4.90 Å². The van der Waals surface area contributed by atoms with E-state index in [1.807, 2.05) is 11.8 Å². The summed E-state index contributed by atoms with van der Waals surface area (Å²) < 4.78 is 5.44. The normalized spacial score (nSPS) is 22.0. The van der Waals surface area contributed by atoms with Gasteiger partial charge in [0.1, 0.15) is 0 Å². The lowest BCUT2D eigenvalue weighted by Gasteiger charge is -2.31. The predicted octanol–water partition coefficient (Wildman–Crippen LogP) is 1.90. The number of rotatable bonds is 3. The molecule has 5 nitrogen and oxygen atoms in total. The second-order valence-electron chi connectivity index (χ2n) is 5.77. The molecular weight excluding hydrogens is 268 g/mol. The van der Waals surface area contributed by atoms with Crippen LogP contribution in [0.2, 0.25) is 0 Å². The Kier molecular flexibility index (Phi) is 3.92. The second-order valence-corrected chi connectivity index (χ2v) is 5.77. The first-order valence-corrected chi connectivity index (χ1v) is 7.45. The van der Waals surface area contributed by atoms with Crippen LogP contribution in [0, 0.1) is 5.92 Å². The second kappa shape index (κ2) is 5.85. The molecule has 5 heteroatoms. The van der Waals surface area contributed by atoms with Gasteiger partial charge in [-0.1, -0.05) is 0 Å². The molecule has 21 heavy (non-hydrogen) atoms. The Morgan fingerprint density at radius 2 is 1.95 bits per heavy atom. The van der Waals surface area contributed by atoms with Crippen LogP contribution in [0.4, 0.5) is 5.69 Å². The van der Waals surface area contributed by atoms with Gasteiger partial charge >= 0.3 is 0 Å². The summed E-state index contributed by atoms with van der Waals surface area (Å²) in [5, 5.41) is 2.87. The monoisotopic (exact) mass is 288 g/mol. The fraction of sp³-hybridized carbons (Fsp3) is 0.500. The van der Waals surface area contributed by atoms with Crippen molar-refractivity contribution in [3.8, 4) is 0 Å². The molecule has 0 aromatic heterocycles. The van der Waals surface area contributed by atoms with Gasteiger partial charge in [0, 0.05) is 30.3 Å². The SMILES string of the molecule is CC1CN(C(=O)c2ccc(NC(=O)C3CC3)cc2)CCO1. The lowest BCUT2D eigenvalue weighted by Crippen LogP contribution is -2.44. The maximum absolute atomic E-state index is 12.4. The summed E-state index contributed by atoms with van der Waals surface area (Å²) >= 11 is 0. The number of nitrogens with zero attached hydrogens (tertiary/aromatic N) is 1. The number of carbonyl (C=O) groups is 2. The van der Waals surface area contributed by atoms with E-state index in [1.54, 1.807) is 24.3 Å². The Hall–Kier alpha value is -1.88. The maximum atomic E-state index is 12.4. The van der Waals surface area contributed by atoms with Crippen LogP contribution in [-0.2, 0) is 9.53 Å². The van der Waals surface area contributed by atoms with E-state index in [0.29, 0.717) is 25.3 Å². The van der Waals surface area contributed by atoms with Crippen LogP contribution in [0.1, 0.15) is 30.1 Å². The zero-order chi connectivity index (χ0) is 14.8. The standard InChI is InChI=1S/C16H20N2O3/c1-11-10-18(8-9-21-11)16(20)13-4-6-14(7-5-13)17-15(19)12-2-3-12/h4-7,11-12H,2-3,8-10H2,1H3,(H,17,19). The molecule has 0 spiro atoms. The van der Waals surface area contributed by atoms with Crippen molar-refractivity contribution in [2.75, 3.05) is 25.0 Å². The van der Waals surface area contributed by atoms with Gasteiger partial charge in [-0.05, 0) is 44.0 Å². The number of amides is 2. The average molecular weight is 288 g/mol. The van der Waals surface area contributed by atoms with Crippen molar-refractivity contribution in [3.63, 3.8) is 0 Å². The van der Waals surface area contributed by atoms with Gasteiger partial charge in [-0.2, -0.15) is 0 Å². The van der Waals surface area contributed by atoms with Crippen molar-refractivity contribution < 1.29 is 14.3 Å². The van der Waals surface area contributed by atoms with Crippen LogP contribution in [-0.4, -0.2) is 42.5 Å². The van der Waals surface area contributed by atoms with Gasteiger partial charge in [-0.25, -0.2) is 0 Å². The maximum Gasteiger partial charge on any atom is 0.254 e. The minimum absolute atomic E-state index is 0.0187. The van der Waals surface area contributed by atoms with Gasteiger partial charge in [0.2, 0.25) is 5.91 Å². The summed E-state index contributed by atoms with van der Waals surface area (Å²) in [4.78, 5) is 25.9. The molecule has 1 heterocycles. The van der Waals surface area contributed by atoms with Gasteiger partial charge in [0.05, 0.1) is 12.7 Å². The zero-order valence-electron chi connectivity index (χ0n) is 12.2. The van der Waals surface area contributed by atoms with E-state index < -0.39 is 0 Å². The van der Waals surface area contributed by atoms with Crippen molar-refractivity contribution in [1.29, 1.82) is 0 Å². The van der Waals surface area contributed by atoms with E-state index in [9.17, 15) is 9.59 Å². The molecule has 2 amide bonds. The Balaban J connectivity index is 1.62. The number of morpholine rings is 1. The molecule has 3 rings (SSSR count). The van der Waals surface area contributed by atoms with E-state index in [4.69, 9.17) is 4.74 Å². The number of benzene rings is 1. The third-order valence-corrected chi connectivity index (χ3v) is 3.88. The van der Waals surface area contributed by atoms with Crippen LogP contribution in [0.15, 0.2) is 24.3 Å². The molecule has 1 aromatic rings. The summed E-state index contributed by atoms with van der Waals surface area (Å²) in [6.45, 7) is 3.81. The third kappa shape index (κ3) is 3.42. The van der Waals surface area contributed by atoms with Crippen LogP contribution in [0.5, 0.6) is 0 Å². The number of hydrogen-bond acceptors (Lipinski definition) is 3. The lowest BCUT2D eigenvalue weighted by molar-refractivity contribution is -0.117. The molecule has 2 fully saturated rings. The third-order valence-electron chi connectivity index (χ3n) is 3.88. The lowest BCUT2D eigenvalue weighted by atomic mass is 10.1. The fourth-order valence-electron chi connectivity index (χ4n) is 2.47. The average Bonchev–Trinajstić information content (AvgIpc) is 3.32. The highest BCUT2D eigenvalue weighted by Gasteiger charge is 2.29. The summed E-state index contributed by atoms with van der Waals surface area (Å²) in [5.41, 5.74) is 1.40. The van der Waals surface area contributed by atoms with Gasteiger partial charge < -0.3 is 15.0 Å². The smallest absolute Gasteiger partial charge is 0.254 e. The Morgan fingerprint density at radius 1 is 1.24 bits per heavy atom. The van der Waals surface area contributed by atoms with Crippen molar-refractivity contribution >= 4 is 17.5 Å². The number of hydrogen-bond donors (Lipinski definition) is 1. The molecular formula is C16H20N2O3. The largest absolute Gasteiger partial charge is 0.375 e. The van der Waals surface area contributed by atoms with E-state index in [0.717, 1.165) is 18.5 Å². The van der Waals surface area contributed by atoms with Gasteiger partial charge in [-0.15, -0.1) is 0 Å². The first kappa shape index (κ1) is 14.1. The highest BCUT2D eigenvalue weighted by atomic mass is 16.5. The van der Waals surface area contributed by atoms with Gasteiger partial charge in [-0.3, -0.25) is 9.59 Å². The summed E-state index contributed by atoms with van der Waals surface area (Å²) in [6.07, 6.45) is 2.05. The van der Waals surface area contributed by atoms with E-state index in [2.05, 4.69) is 5.32 Å². The summed E-state index contributed by atoms with van der Waals surface area (Å²) in [7, 11) is 0. The van der Waals surface area contributed by atoms with Crippen molar-refractivity contribution in [3.05, 3.63) is 29.8 Å². The van der Waals surface area contributed by atoms with Crippen LogP contribution >= 0.6 is 0 Å². The highest BCUT2D eigenvalue weighted by molar-refractivity contribution is 5.96. The predicted molar refractivity (Wildman–Crippen MR) is 79.1 cm³/mol. The number of nitrogens with one attached hydrogen (secondary N) is 1. The number of ether oxygens (including phenoxy) is 1. The Morgan fingerprint density at radius 3 is 2.57 bits per heavy atom. The molecule has 2 aliphatic rings. The minimum Gasteiger partial charge on any atom is -0.375 e. The molecule has 1 N–H and O–H groups in total. The molecule has 1 aromatic carbocycles. The minimum atomic E-state index is 0.0187. The molecule has 112 valence electrons. The first-order valence-electron chi connectivity index (χ1n) is 7.45. The topological polar surface area (TPSA) is 58.6 Å². The van der Waals surface area contributed by atoms with E-state index >= 15 is 0 Å².